The van der Waals surface area contributed by atoms with E-state index in [-0.39, 0.29) is 22.9 Å². The topological polar surface area (TPSA) is 116 Å². The molecule has 3 heterocycles. The summed E-state index contributed by atoms with van der Waals surface area (Å²) in [5.41, 5.74) is 1.79. The smallest absolute Gasteiger partial charge is 0.270 e. The van der Waals surface area contributed by atoms with Crippen LogP contribution in [-0.2, 0) is 14.1 Å². The van der Waals surface area contributed by atoms with E-state index in [1.165, 1.54) is 11.0 Å². The lowest BCUT2D eigenvalue weighted by atomic mass is 9.93. The van der Waals surface area contributed by atoms with Crippen LogP contribution in [0.1, 0.15) is 57.2 Å². The van der Waals surface area contributed by atoms with Crippen LogP contribution < -0.4 is 15.8 Å². The van der Waals surface area contributed by atoms with E-state index in [9.17, 15) is 10.1 Å². The van der Waals surface area contributed by atoms with Crippen molar-refractivity contribution >= 4 is 22.5 Å². The fraction of sp³-hybridized carbons (Fsp3) is 0.500. The Morgan fingerprint density at radius 3 is 2.43 bits per heavy atom. The van der Waals surface area contributed by atoms with E-state index in [0.29, 0.717) is 22.6 Å². The molecule has 0 saturated heterocycles. The van der Waals surface area contributed by atoms with Gasteiger partial charge < -0.3 is 14.8 Å². The van der Waals surface area contributed by atoms with Gasteiger partial charge in [0.15, 0.2) is 0 Å². The predicted octanol–water partition coefficient (Wildman–Crippen LogP) is 3.93. The molecule has 4 rings (SSSR count). The van der Waals surface area contributed by atoms with Crippen molar-refractivity contribution in [2.75, 3.05) is 23.8 Å². The summed E-state index contributed by atoms with van der Waals surface area (Å²) in [6.07, 6.45) is 7.39. The first kappa shape index (κ1) is 25.8. The summed E-state index contributed by atoms with van der Waals surface area (Å²) in [5.74, 6) is 1.75. The lowest BCUT2D eigenvalue weighted by molar-refractivity contribution is 0.428. The van der Waals surface area contributed by atoms with Gasteiger partial charge in [0.2, 0.25) is 0 Å². The van der Waals surface area contributed by atoms with Crippen LogP contribution in [0.2, 0.25) is 0 Å². The normalized spacial score (nSPS) is 13.6. The third-order valence-electron chi connectivity index (χ3n) is 6.43. The Bertz CT molecular complexity index is 1300. The Balaban J connectivity index is 0.000000261. The standard InChI is InChI=1S/C18H19N5O.C8H15N3/c1-22(13-6-4-3-5-7-13)17-14(11-20)18(24)23(2)15-9-8-12(10-19)21-16(15)17;1-7(2)6-9-8-4-5-10-11(8)3/h8-9,13H,3-7H2,1-2H3;4-5,7,9H,6H2,1-3H3. The molecule has 3 aromatic rings. The molecule has 0 radical (unpaired) electrons. The van der Waals surface area contributed by atoms with Crippen molar-refractivity contribution in [3.63, 3.8) is 0 Å². The number of fused-ring (bicyclic) bond motifs is 1. The Labute approximate surface area is 206 Å². The van der Waals surface area contributed by atoms with Gasteiger partial charge in [0.05, 0.1) is 17.4 Å². The van der Waals surface area contributed by atoms with Crippen molar-refractivity contribution in [3.05, 3.63) is 46.0 Å². The van der Waals surface area contributed by atoms with Gasteiger partial charge in [-0.25, -0.2) is 4.98 Å². The molecule has 0 atom stereocenters. The van der Waals surface area contributed by atoms with Gasteiger partial charge in [-0.05, 0) is 30.9 Å². The van der Waals surface area contributed by atoms with Crippen molar-refractivity contribution in [1.82, 2.24) is 19.3 Å². The Kier molecular flexibility index (Phi) is 8.48. The molecule has 1 fully saturated rings. The summed E-state index contributed by atoms with van der Waals surface area (Å²) >= 11 is 0. The van der Waals surface area contributed by atoms with Crippen LogP contribution >= 0.6 is 0 Å². The molecule has 35 heavy (non-hydrogen) atoms. The number of nitriles is 2. The molecule has 0 bridgehead atoms. The summed E-state index contributed by atoms with van der Waals surface area (Å²) in [7, 11) is 5.48. The number of nitrogens with one attached hydrogen (secondary N) is 1. The maximum Gasteiger partial charge on any atom is 0.270 e. The third kappa shape index (κ3) is 5.81. The highest BCUT2D eigenvalue weighted by Gasteiger charge is 2.25. The van der Waals surface area contributed by atoms with Crippen LogP contribution in [0.25, 0.3) is 11.0 Å². The molecule has 0 aromatic carbocycles. The number of aromatic nitrogens is 4. The summed E-state index contributed by atoms with van der Waals surface area (Å²) < 4.78 is 3.27. The molecule has 0 unspecified atom stereocenters. The Hall–Kier alpha value is -3.85. The maximum absolute atomic E-state index is 12.6. The first-order valence-electron chi connectivity index (χ1n) is 12.1. The van der Waals surface area contributed by atoms with Gasteiger partial charge in [0, 0.05) is 39.8 Å². The monoisotopic (exact) mass is 474 g/mol. The van der Waals surface area contributed by atoms with E-state index in [4.69, 9.17) is 5.26 Å². The van der Waals surface area contributed by atoms with Crippen LogP contribution in [0.4, 0.5) is 11.5 Å². The second-order valence-corrected chi connectivity index (χ2v) is 9.39. The number of aryl methyl sites for hydroxylation is 2. The summed E-state index contributed by atoms with van der Waals surface area (Å²) in [4.78, 5) is 19.0. The van der Waals surface area contributed by atoms with Gasteiger partial charge in [0.25, 0.3) is 5.56 Å². The van der Waals surface area contributed by atoms with E-state index >= 15 is 0 Å². The number of anilines is 2. The van der Waals surface area contributed by atoms with E-state index in [1.807, 2.05) is 35.8 Å². The summed E-state index contributed by atoms with van der Waals surface area (Å²) in [5, 5.41) is 26.1. The van der Waals surface area contributed by atoms with Gasteiger partial charge in [-0.3, -0.25) is 9.48 Å². The predicted molar refractivity (Wildman–Crippen MR) is 138 cm³/mol. The molecule has 9 nitrogen and oxygen atoms in total. The zero-order chi connectivity index (χ0) is 25.5. The second-order valence-electron chi connectivity index (χ2n) is 9.39. The fourth-order valence-electron chi connectivity index (χ4n) is 4.41. The van der Waals surface area contributed by atoms with E-state index in [2.05, 4.69) is 35.3 Å². The first-order chi connectivity index (χ1) is 16.8. The average Bonchev–Trinajstić information content (AvgIpc) is 3.29. The lowest BCUT2D eigenvalue weighted by Crippen LogP contribution is -2.36. The SMILES string of the molecule is CC(C)CNc1ccnn1C.CN(c1c(C#N)c(=O)n(C)c2ccc(C#N)nc12)C1CCCCC1. The summed E-state index contributed by atoms with van der Waals surface area (Å²) in [6, 6.07) is 9.67. The van der Waals surface area contributed by atoms with Gasteiger partial charge in [0.1, 0.15) is 34.7 Å². The quantitative estimate of drug-likeness (QED) is 0.595. The average molecular weight is 475 g/mol. The van der Waals surface area contributed by atoms with Crippen molar-refractivity contribution in [2.24, 2.45) is 20.0 Å². The molecule has 1 N–H and O–H groups in total. The molecule has 0 amide bonds. The second kappa shape index (κ2) is 11.5. The highest BCUT2D eigenvalue weighted by atomic mass is 16.1. The number of hydrogen-bond acceptors (Lipinski definition) is 7. The zero-order valence-electron chi connectivity index (χ0n) is 21.2. The van der Waals surface area contributed by atoms with Gasteiger partial charge in [-0.15, -0.1) is 0 Å². The maximum atomic E-state index is 12.6. The molecule has 1 aliphatic carbocycles. The van der Waals surface area contributed by atoms with Crippen LogP contribution in [0, 0.1) is 28.6 Å². The third-order valence-corrected chi connectivity index (χ3v) is 6.43. The summed E-state index contributed by atoms with van der Waals surface area (Å²) in [6.45, 7) is 5.37. The molecular weight excluding hydrogens is 440 g/mol. The van der Waals surface area contributed by atoms with Crippen LogP contribution in [-0.4, -0.2) is 39.0 Å². The molecular formula is C26H34N8O. The molecule has 0 spiro atoms. The minimum Gasteiger partial charge on any atom is -0.370 e. The Morgan fingerprint density at radius 1 is 1.14 bits per heavy atom. The van der Waals surface area contributed by atoms with E-state index in [0.717, 1.165) is 38.0 Å². The van der Waals surface area contributed by atoms with Crippen LogP contribution in [0.5, 0.6) is 0 Å². The molecule has 1 aliphatic rings. The van der Waals surface area contributed by atoms with Crippen molar-refractivity contribution in [2.45, 2.75) is 52.0 Å². The van der Waals surface area contributed by atoms with Gasteiger partial charge >= 0.3 is 0 Å². The van der Waals surface area contributed by atoms with E-state index < -0.39 is 0 Å². The number of rotatable bonds is 5. The van der Waals surface area contributed by atoms with Crippen LogP contribution in [0.15, 0.2) is 29.2 Å². The van der Waals surface area contributed by atoms with Crippen molar-refractivity contribution in [1.29, 1.82) is 10.5 Å². The molecule has 9 heteroatoms. The molecule has 184 valence electrons. The minimum atomic E-state index is -0.325. The van der Waals surface area contributed by atoms with Gasteiger partial charge in [-0.2, -0.15) is 15.6 Å². The van der Waals surface area contributed by atoms with Crippen molar-refractivity contribution in [3.8, 4) is 12.1 Å². The Morgan fingerprint density at radius 2 is 1.86 bits per heavy atom. The molecule has 0 aliphatic heterocycles. The highest BCUT2D eigenvalue weighted by Crippen LogP contribution is 2.32. The fourth-order valence-corrected chi connectivity index (χ4v) is 4.41. The first-order valence-corrected chi connectivity index (χ1v) is 12.1. The van der Waals surface area contributed by atoms with E-state index in [1.54, 1.807) is 25.4 Å². The highest BCUT2D eigenvalue weighted by molar-refractivity contribution is 5.92. The lowest BCUT2D eigenvalue weighted by Gasteiger charge is -2.33. The molecule has 3 aromatic heterocycles. The largest absolute Gasteiger partial charge is 0.370 e. The number of hydrogen-bond donors (Lipinski definition) is 1. The zero-order valence-corrected chi connectivity index (χ0v) is 21.2. The number of nitrogens with zero attached hydrogens (tertiary/aromatic N) is 7. The minimum absolute atomic E-state index is 0.0978. The number of pyridine rings is 2. The van der Waals surface area contributed by atoms with Gasteiger partial charge in [-0.1, -0.05) is 33.1 Å². The van der Waals surface area contributed by atoms with Crippen LogP contribution in [0.3, 0.4) is 0 Å². The van der Waals surface area contributed by atoms with Crippen molar-refractivity contribution < 1.29 is 0 Å². The molecule has 1 saturated carbocycles.